The first-order valence-electron chi connectivity index (χ1n) is 9.92. The minimum Gasteiger partial charge on any atom is -0.388 e. The van der Waals surface area contributed by atoms with Crippen LogP contribution in [0.4, 0.5) is 11.5 Å². The highest BCUT2D eigenvalue weighted by molar-refractivity contribution is 5.99. The van der Waals surface area contributed by atoms with E-state index >= 15 is 0 Å². The molecule has 1 atom stereocenters. The number of carbonyl (C=O) groups excluding carboxylic acids is 1. The molecule has 0 bridgehead atoms. The van der Waals surface area contributed by atoms with Crippen molar-refractivity contribution in [2.75, 3.05) is 23.5 Å². The fourth-order valence-electron chi connectivity index (χ4n) is 3.23. The number of nitrogens with one attached hydrogen (secondary N) is 1. The van der Waals surface area contributed by atoms with Gasteiger partial charge < -0.3 is 16.0 Å². The smallest absolute Gasteiger partial charge is 0.256 e. The van der Waals surface area contributed by atoms with Gasteiger partial charge in [-0.25, -0.2) is 10.8 Å². The van der Waals surface area contributed by atoms with Crippen molar-refractivity contribution < 1.29 is 4.79 Å². The van der Waals surface area contributed by atoms with Crippen molar-refractivity contribution >= 4 is 23.8 Å². The fraction of sp³-hybridized carbons (Fsp3) is 0.333. The topological polar surface area (TPSA) is 137 Å². The third-order valence-electron chi connectivity index (χ3n) is 4.52. The molecule has 0 radical (unpaired) electrons. The molecule has 5 N–H and O–H groups in total. The van der Waals surface area contributed by atoms with Crippen LogP contribution >= 0.6 is 0 Å². The normalized spacial score (nSPS) is 15.7. The van der Waals surface area contributed by atoms with Crippen LogP contribution in [0.1, 0.15) is 42.6 Å². The molecular formula is C21H28N8O. The Morgan fingerprint density at radius 2 is 2.17 bits per heavy atom. The second-order valence-electron chi connectivity index (χ2n) is 6.40. The zero-order valence-corrected chi connectivity index (χ0v) is 17.3. The summed E-state index contributed by atoms with van der Waals surface area (Å²) in [6.07, 6.45) is 4.43. The third-order valence-corrected chi connectivity index (χ3v) is 4.52. The second kappa shape index (κ2) is 11.4. The van der Waals surface area contributed by atoms with Gasteiger partial charge in [-0.1, -0.05) is 26.0 Å². The third kappa shape index (κ3) is 5.68. The Bertz CT molecular complexity index is 908. The summed E-state index contributed by atoms with van der Waals surface area (Å²) in [6, 6.07) is 12.5. The maximum Gasteiger partial charge on any atom is 0.256 e. The van der Waals surface area contributed by atoms with Gasteiger partial charge in [0.2, 0.25) is 0 Å². The SMILES string of the molecule is CC.N#Cc1ccnc(N[C@@H]2CCCN(C(=O)c3ccccc3N(N)/N=C\N)C2)c1. The number of pyridine rings is 1. The number of hydrogen-bond acceptors (Lipinski definition) is 7. The summed E-state index contributed by atoms with van der Waals surface area (Å²) in [6.45, 7) is 5.18. The van der Waals surface area contributed by atoms with Crippen molar-refractivity contribution in [2.24, 2.45) is 16.7 Å². The molecule has 0 unspecified atom stereocenters. The molecule has 0 spiro atoms. The lowest BCUT2D eigenvalue weighted by Gasteiger charge is -2.34. The van der Waals surface area contributed by atoms with Crippen molar-refractivity contribution in [3.63, 3.8) is 0 Å². The van der Waals surface area contributed by atoms with Crippen LogP contribution in [0.3, 0.4) is 0 Å². The number of aromatic nitrogens is 1. The van der Waals surface area contributed by atoms with Gasteiger partial charge in [0.05, 0.1) is 22.9 Å². The Morgan fingerprint density at radius 1 is 1.40 bits per heavy atom. The van der Waals surface area contributed by atoms with Gasteiger partial charge in [-0.05, 0) is 37.1 Å². The van der Waals surface area contributed by atoms with Crippen molar-refractivity contribution in [3.8, 4) is 6.07 Å². The molecule has 1 saturated heterocycles. The predicted octanol–water partition coefficient (Wildman–Crippen LogP) is 2.28. The predicted molar refractivity (Wildman–Crippen MR) is 119 cm³/mol. The molecule has 0 saturated carbocycles. The van der Waals surface area contributed by atoms with Gasteiger partial charge in [0.1, 0.15) is 12.2 Å². The molecule has 2 aromatic rings. The molecule has 0 aliphatic carbocycles. The summed E-state index contributed by atoms with van der Waals surface area (Å²) >= 11 is 0. The minimum absolute atomic E-state index is 0.0438. The number of rotatable bonds is 5. The van der Waals surface area contributed by atoms with E-state index in [-0.39, 0.29) is 11.9 Å². The highest BCUT2D eigenvalue weighted by atomic mass is 16.2. The number of nitrogens with two attached hydrogens (primary N) is 2. The monoisotopic (exact) mass is 408 g/mol. The summed E-state index contributed by atoms with van der Waals surface area (Å²) in [4.78, 5) is 19.1. The molecule has 1 amide bonds. The quantitative estimate of drug-likeness (QED) is 0.299. The van der Waals surface area contributed by atoms with Gasteiger partial charge in [0.25, 0.3) is 5.91 Å². The first-order valence-corrected chi connectivity index (χ1v) is 9.92. The molecular weight excluding hydrogens is 380 g/mol. The Labute approximate surface area is 176 Å². The molecule has 1 fully saturated rings. The molecule has 1 aliphatic rings. The van der Waals surface area contributed by atoms with Gasteiger partial charge in [-0.15, -0.1) is 5.10 Å². The lowest BCUT2D eigenvalue weighted by molar-refractivity contribution is 0.0715. The van der Waals surface area contributed by atoms with E-state index in [2.05, 4.69) is 21.5 Å². The molecule has 158 valence electrons. The average Bonchev–Trinajstić information content (AvgIpc) is 2.80. The maximum atomic E-state index is 13.1. The number of hydrazine groups is 1. The zero-order valence-electron chi connectivity index (χ0n) is 17.3. The molecule has 1 aromatic carbocycles. The molecule has 9 nitrogen and oxygen atoms in total. The van der Waals surface area contributed by atoms with E-state index in [4.69, 9.17) is 16.8 Å². The number of likely N-dealkylation sites (tertiary alicyclic amines) is 1. The van der Waals surface area contributed by atoms with Gasteiger partial charge in [0.15, 0.2) is 0 Å². The van der Waals surface area contributed by atoms with E-state index in [9.17, 15) is 4.79 Å². The number of benzene rings is 1. The summed E-state index contributed by atoms with van der Waals surface area (Å²) in [5.41, 5.74) is 6.78. The van der Waals surface area contributed by atoms with Crippen LogP contribution < -0.4 is 22.0 Å². The number of hydrazone groups is 1. The van der Waals surface area contributed by atoms with Crippen molar-refractivity contribution in [1.29, 1.82) is 5.26 Å². The second-order valence-corrected chi connectivity index (χ2v) is 6.40. The van der Waals surface area contributed by atoms with Crippen LogP contribution in [0.25, 0.3) is 0 Å². The van der Waals surface area contributed by atoms with Crippen LogP contribution in [0, 0.1) is 11.3 Å². The van der Waals surface area contributed by atoms with Crippen molar-refractivity contribution in [3.05, 3.63) is 53.7 Å². The number of hydrogen-bond donors (Lipinski definition) is 3. The number of carbonyl (C=O) groups is 1. The summed E-state index contributed by atoms with van der Waals surface area (Å²) in [5, 5.41) is 17.2. The van der Waals surface area contributed by atoms with E-state index in [1.165, 1.54) is 0 Å². The number of amides is 1. The molecule has 9 heteroatoms. The van der Waals surface area contributed by atoms with E-state index in [0.717, 1.165) is 24.3 Å². The van der Waals surface area contributed by atoms with Gasteiger partial charge in [-0.2, -0.15) is 10.4 Å². The first kappa shape index (κ1) is 22.6. The standard InChI is InChI=1S/C19H22N8O.C2H6/c20-11-14-7-8-23-18(10-14)25-15-4-3-9-26(12-15)19(28)16-5-1-2-6-17(16)27(22)24-13-21;1-2/h1-2,5-8,10,13,15H,3-4,9,12,22H2,(H2,21,24)(H,23,25);1-2H3/t15-;/m1./s1. The van der Waals surface area contributed by atoms with Gasteiger partial charge in [-0.3, -0.25) is 4.79 Å². The highest BCUT2D eigenvalue weighted by Gasteiger charge is 2.26. The van der Waals surface area contributed by atoms with Gasteiger partial charge in [0, 0.05) is 25.3 Å². The summed E-state index contributed by atoms with van der Waals surface area (Å²) < 4.78 is 0. The van der Waals surface area contributed by atoms with E-state index in [1.54, 1.807) is 47.5 Å². The number of nitriles is 1. The highest BCUT2D eigenvalue weighted by Crippen LogP contribution is 2.23. The van der Waals surface area contributed by atoms with Crippen LogP contribution in [-0.4, -0.2) is 41.3 Å². The minimum atomic E-state index is -0.122. The molecule has 30 heavy (non-hydrogen) atoms. The van der Waals surface area contributed by atoms with E-state index in [1.807, 2.05) is 13.8 Å². The largest absolute Gasteiger partial charge is 0.388 e. The van der Waals surface area contributed by atoms with Crippen molar-refractivity contribution in [2.45, 2.75) is 32.7 Å². The Morgan fingerprint density at radius 3 is 2.90 bits per heavy atom. The molecule has 1 aliphatic heterocycles. The molecule has 1 aromatic heterocycles. The summed E-state index contributed by atoms with van der Waals surface area (Å²) in [7, 11) is 0. The molecule has 2 heterocycles. The fourth-order valence-corrected chi connectivity index (χ4v) is 3.23. The van der Waals surface area contributed by atoms with Crippen LogP contribution in [0.2, 0.25) is 0 Å². The Kier molecular flexibility index (Phi) is 8.59. The Balaban J connectivity index is 0.00000155. The van der Waals surface area contributed by atoms with Crippen molar-refractivity contribution in [1.82, 2.24) is 9.88 Å². The van der Waals surface area contributed by atoms with Crippen LogP contribution in [0.15, 0.2) is 47.7 Å². The summed E-state index contributed by atoms with van der Waals surface area (Å²) in [5.74, 6) is 6.38. The van der Waals surface area contributed by atoms with E-state index < -0.39 is 0 Å². The Hall–Kier alpha value is -3.64. The van der Waals surface area contributed by atoms with Gasteiger partial charge >= 0.3 is 0 Å². The van der Waals surface area contributed by atoms with Crippen LogP contribution in [0.5, 0.6) is 0 Å². The number of piperidine rings is 1. The first-order chi connectivity index (χ1) is 14.6. The average molecular weight is 409 g/mol. The lowest BCUT2D eigenvalue weighted by atomic mass is 10.0. The lowest BCUT2D eigenvalue weighted by Crippen LogP contribution is -2.45. The van der Waals surface area contributed by atoms with E-state index in [0.29, 0.717) is 35.7 Å². The number of nitrogens with zero attached hydrogens (tertiary/aromatic N) is 5. The number of anilines is 2. The maximum absolute atomic E-state index is 13.1. The van der Waals surface area contributed by atoms with Crippen LogP contribution in [-0.2, 0) is 0 Å². The number of para-hydroxylation sites is 1. The zero-order chi connectivity index (χ0) is 21.9. The molecule has 3 rings (SSSR count).